The topological polar surface area (TPSA) is 163 Å². The van der Waals surface area contributed by atoms with Crippen molar-refractivity contribution in [3.05, 3.63) is 11.6 Å². The van der Waals surface area contributed by atoms with E-state index in [2.05, 4.69) is 6.92 Å². The Balaban J connectivity index is 1.22. The van der Waals surface area contributed by atoms with E-state index >= 15 is 0 Å². The number of aliphatic hydroxyl groups excluding tert-OH is 3. The lowest BCUT2D eigenvalue weighted by molar-refractivity contribution is -0.317. The van der Waals surface area contributed by atoms with Gasteiger partial charge in [0.2, 0.25) is 0 Å². The molecule has 0 aromatic carbocycles. The second kappa shape index (κ2) is 9.31. The lowest BCUT2D eigenvalue weighted by Gasteiger charge is -2.65. The number of fused-ring (bicyclic) bond motifs is 5. The predicted octanol–water partition coefficient (Wildman–Crippen LogP) is 0.750. The van der Waals surface area contributed by atoms with Crippen LogP contribution in [0.1, 0.15) is 71.6 Å². The molecule has 0 bridgehead atoms. The highest BCUT2D eigenvalue weighted by atomic mass is 16.7. The molecule has 5 fully saturated rings. The van der Waals surface area contributed by atoms with Crippen LogP contribution in [0.4, 0.5) is 0 Å². The van der Waals surface area contributed by atoms with Gasteiger partial charge in [0.25, 0.3) is 0 Å². The Morgan fingerprint density at radius 3 is 2.41 bits per heavy atom. The van der Waals surface area contributed by atoms with E-state index in [1.54, 1.807) is 13.0 Å². The predicted molar refractivity (Wildman–Crippen MR) is 135 cm³/mol. The van der Waals surface area contributed by atoms with E-state index in [0.717, 1.165) is 18.3 Å². The average Bonchev–Trinajstić information content (AvgIpc) is 3.45. The van der Waals surface area contributed by atoms with Crippen molar-refractivity contribution in [2.75, 3.05) is 6.61 Å². The fraction of sp³-hybridized carbons (Fsp3) is 0.862. The van der Waals surface area contributed by atoms with Crippen molar-refractivity contribution in [3.63, 3.8) is 0 Å². The second-order valence-electron chi connectivity index (χ2n) is 13.4. The third kappa shape index (κ3) is 3.78. The Morgan fingerprint density at radius 2 is 1.72 bits per heavy atom. The summed E-state index contributed by atoms with van der Waals surface area (Å²) in [5.74, 6) is -0.616. The zero-order chi connectivity index (χ0) is 28.0. The van der Waals surface area contributed by atoms with Gasteiger partial charge in [0.1, 0.15) is 31.2 Å². The number of rotatable bonds is 4. The van der Waals surface area contributed by atoms with Gasteiger partial charge in [-0.3, -0.25) is 0 Å². The van der Waals surface area contributed by atoms with E-state index in [4.69, 9.17) is 14.2 Å². The molecule has 13 atom stereocenters. The molecule has 0 radical (unpaired) electrons. The molecule has 39 heavy (non-hydrogen) atoms. The normalized spacial score (nSPS) is 55.2. The van der Waals surface area contributed by atoms with Crippen LogP contribution in [0.3, 0.4) is 0 Å². The number of ether oxygens (including phenoxy) is 3. The van der Waals surface area contributed by atoms with Gasteiger partial charge < -0.3 is 44.5 Å². The van der Waals surface area contributed by atoms with Gasteiger partial charge >= 0.3 is 5.97 Å². The van der Waals surface area contributed by atoms with Crippen LogP contribution in [0, 0.1) is 28.6 Å². The lowest BCUT2D eigenvalue weighted by Crippen LogP contribution is -2.69. The summed E-state index contributed by atoms with van der Waals surface area (Å²) < 4.78 is 16.9. The van der Waals surface area contributed by atoms with Crippen molar-refractivity contribution in [2.24, 2.45) is 28.6 Å². The molecule has 0 amide bonds. The number of esters is 1. The molecule has 0 spiro atoms. The molecule has 218 valence electrons. The van der Waals surface area contributed by atoms with Crippen molar-refractivity contribution < 1.29 is 49.3 Å². The Morgan fingerprint density at radius 1 is 0.974 bits per heavy atom. The Hall–Kier alpha value is -1.40. The first-order chi connectivity index (χ1) is 18.4. The van der Waals surface area contributed by atoms with Gasteiger partial charge in [-0.2, -0.15) is 0 Å². The van der Waals surface area contributed by atoms with Gasteiger partial charge in [-0.25, -0.2) is 4.79 Å². The summed E-state index contributed by atoms with van der Waals surface area (Å²) in [6.07, 6.45) is 0.689. The van der Waals surface area contributed by atoms with Crippen molar-refractivity contribution in [3.8, 4) is 0 Å². The number of cyclic esters (lactones) is 1. The Kier molecular flexibility index (Phi) is 6.62. The van der Waals surface area contributed by atoms with Gasteiger partial charge in [-0.05, 0) is 81.6 Å². The summed E-state index contributed by atoms with van der Waals surface area (Å²) >= 11 is 0. The van der Waals surface area contributed by atoms with Crippen LogP contribution in [-0.2, 0) is 23.8 Å². The number of carbonyl (C=O) groups is 2. The molecule has 4 saturated carbocycles. The van der Waals surface area contributed by atoms with Gasteiger partial charge in [0.05, 0.1) is 28.8 Å². The number of hydrogen-bond donors (Lipinski definition) is 5. The van der Waals surface area contributed by atoms with Gasteiger partial charge in [-0.1, -0.05) is 6.92 Å². The SMILES string of the molecule is C[C@@H]1O[C@@H](OC2CC[C@]3(C=O)[C@H]4CC[C@]5(C)[C@@H](C6=CC(=O)OC6)CCC5(O)[C@@H]4CCC3(O)C2)[C@H](O)[C@H](O)[C@H]1O. The molecule has 2 heterocycles. The van der Waals surface area contributed by atoms with Crippen LogP contribution in [0.15, 0.2) is 11.6 Å². The van der Waals surface area contributed by atoms with Crippen molar-refractivity contribution in [1.82, 2.24) is 0 Å². The van der Waals surface area contributed by atoms with E-state index in [0.29, 0.717) is 44.9 Å². The third-order valence-electron chi connectivity index (χ3n) is 12.0. The molecule has 10 nitrogen and oxygen atoms in total. The number of carbonyl (C=O) groups excluding carboxylic acids is 2. The van der Waals surface area contributed by atoms with Crippen LogP contribution in [0.25, 0.3) is 0 Å². The molecule has 6 aliphatic rings. The third-order valence-corrected chi connectivity index (χ3v) is 12.0. The second-order valence-corrected chi connectivity index (χ2v) is 13.4. The molecule has 6 rings (SSSR count). The van der Waals surface area contributed by atoms with Crippen LogP contribution in [-0.4, -0.2) is 92.4 Å². The monoisotopic (exact) mass is 550 g/mol. The Labute approximate surface area is 228 Å². The number of hydrogen-bond acceptors (Lipinski definition) is 10. The molecule has 1 saturated heterocycles. The van der Waals surface area contributed by atoms with Gasteiger partial charge in [0, 0.05) is 17.9 Å². The van der Waals surface area contributed by atoms with E-state index in [1.807, 2.05) is 0 Å². The molecule has 5 N–H and O–H groups in total. The first-order valence-electron chi connectivity index (χ1n) is 14.5. The highest BCUT2D eigenvalue weighted by Gasteiger charge is 2.71. The smallest absolute Gasteiger partial charge is 0.331 e. The maximum absolute atomic E-state index is 13.0. The first kappa shape index (κ1) is 27.8. The molecule has 0 aromatic heterocycles. The fourth-order valence-corrected chi connectivity index (χ4v) is 9.75. The van der Waals surface area contributed by atoms with Crippen LogP contribution >= 0.6 is 0 Å². The van der Waals surface area contributed by atoms with E-state index < -0.39 is 58.8 Å². The highest BCUT2D eigenvalue weighted by molar-refractivity contribution is 5.85. The summed E-state index contributed by atoms with van der Waals surface area (Å²) in [6.45, 7) is 3.98. The number of aliphatic hydroxyl groups is 5. The summed E-state index contributed by atoms with van der Waals surface area (Å²) in [6, 6.07) is 0. The van der Waals surface area contributed by atoms with Crippen molar-refractivity contribution in [1.29, 1.82) is 0 Å². The lowest BCUT2D eigenvalue weighted by atomic mass is 9.41. The van der Waals surface area contributed by atoms with Crippen LogP contribution < -0.4 is 0 Å². The Bertz CT molecular complexity index is 1050. The summed E-state index contributed by atoms with van der Waals surface area (Å²) in [7, 11) is 0. The minimum Gasteiger partial charge on any atom is -0.458 e. The van der Waals surface area contributed by atoms with Crippen LogP contribution in [0.2, 0.25) is 0 Å². The number of aldehydes is 1. The van der Waals surface area contributed by atoms with Crippen molar-refractivity contribution in [2.45, 2.75) is 120 Å². The largest absolute Gasteiger partial charge is 0.458 e. The molecule has 4 aliphatic carbocycles. The maximum atomic E-state index is 13.0. The van der Waals surface area contributed by atoms with E-state index in [1.165, 1.54) is 0 Å². The minimum atomic E-state index is -1.43. The van der Waals surface area contributed by atoms with E-state index in [9.17, 15) is 35.1 Å². The molecular weight excluding hydrogens is 508 g/mol. The molecule has 2 aliphatic heterocycles. The van der Waals surface area contributed by atoms with Gasteiger partial charge in [0.15, 0.2) is 6.29 Å². The highest BCUT2D eigenvalue weighted by Crippen LogP contribution is 2.70. The molecule has 3 unspecified atom stereocenters. The standard InChI is InChI=1S/C29H42O10/c1-15-22(32)23(33)24(34)25(38-15)39-17-3-8-27(14-30)19-4-7-26(2)18(16-11-21(31)37-13-16)6-10-29(26,36)20(19)5-9-28(27,35)12-17/h11,14-15,17-20,22-25,32-36H,3-10,12-13H2,1-2H3/t15-,17?,18+,19-,20+,22-,23+,24+,25-,26+,27-,28?,29?/m0/s1. The molecular formula is C29H42O10. The average molecular weight is 551 g/mol. The zero-order valence-corrected chi connectivity index (χ0v) is 22.7. The minimum absolute atomic E-state index is 0.0465. The first-order valence-corrected chi connectivity index (χ1v) is 14.5. The summed E-state index contributed by atoms with van der Waals surface area (Å²) in [4.78, 5) is 24.8. The molecule has 0 aromatic rings. The summed E-state index contributed by atoms with van der Waals surface area (Å²) in [5, 5.41) is 55.0. The van der Waals surface area contributed by atoms with Crippen LogP contribution in [0.5, 0.6) is 0 Å². The molecule has 10 heteroatoms. The van der Waals surface area contributed by atoms with E-state index in [-0.39, 0.29) is 36.8 Å². The zero-order valence-electron chi connectivity index (χ0n) is 22.7. The quantitative estimate of drug-likeness (QED) is 0.192. The van der Waals surface area contributed by atoms with Crippen molar-refractivity contribution >= 4 is 12.3 Å². The summed E-state index contributed by atoms with van der Waals surface area (Å²) in [5.41, 5.74) is -2.86. The van der Waals surface area contributed by atoms with Gasteiger partial charge in [-0.15, -0.1) is 0 Å². The fourth-order valence-electron chi connectivity index (χ4n) is 9.75. The maximum Gasteiger partial charge on any atom is 0.331 e.